The highest BCUT2D eigenvalue weighted by molar-refractivity contribution is 6.00. The standard InChI is InChI=1S/C15H14FN3O/c16-13-7-4-8-14(18-13)17-12-9-10-19(15(12)20)11-5-2-1-3-6-11/h1-8,12H,9-10H2,(H,17,18). The van der Waals surface area contributed by atoms with Crippen LogP contribution in [0, 0.1) is 5.95 Å². The van der Waals surface area contributed by atoms with Gasteiger partial charge in [0.25, 0.3) is 0 Å². The summed E-state index contributed by atoms with van der Waals surface area (Å²) in [5.41, 5.74) is 0.883. The molecule has 2 heterocycles. The van der Waals surface area contributed by atoms with Gasteiger partial charge >= 0.3 is 0 Å². The monoisotopic (exact) mass is 271 g/mol. The zero-order chi connectivity index (χ0) is 13.9. The van der Waals surface area contributed by atoms with E-state index in [1.54, 1.807) is 17.0 Å². The number of carbonyl (C=O) groups excluding carboxylic acids is 1. The lowest BCUT2D eigenvalue weighted by Gasteiger charge is -2.17. The van der Waals surface area contributed by atoms with E-state index in [-0.39, 0.29) is 11.9 Å². The Bertz CT molecular complexity index is 618. The smallest absolute Gasteiger partial charge is 0.249 e. The first kappa shape index (κ1) is 12.6. The van der Waals surface area contributed by atoms with Crippen LogP contribution >= 0.6 is 0 Å². The molecule has 1 fully saturated rings. The molecule has 0 saturated carbocycles. The fourth-order valence-electron chi connectivity index (χ4n) is 2.35. The van der Waals surface area contributed by atoms with Gasteiger partial charge in [0, 0.05) is 12.2 Å². The Morgan fingerprint density at radius 1 is 1.15 bits per heavy atom. The van der Waals surface area contributed by atoms with Crippen LogP contribution in [-0.2, 0) is 4.79 Å². The fourth-order valence-corrected chi connectivity index (χ4v) is 2.35. The van der Waals surface area contributed by atoms with Crippen molar-refractivity contribution in [2.75, 3.05) is 16.8 Å². The van der Waals surface area contributed by atoms with Gasteiger partial charge in [0.2, 0.25) is 11.9 Å². The van der Waals surface area contributed by atoms with Gasteiger partial charge in [0.1, 0.15) is 11.9 Å². The maximum Gasteiger partial charge on any atom is 0.249 e. The molecule has 4 nitrogen and oxygen atoms in total. The van der Waals surface area contributed by atoms with Crippen molar-refractivity contribution in [1.29, 1.82) is 0 Å². The van der Waals surface area contributed by atoms with E-state index < -0.39 is 5.95 Å². The number of halogens is 1. The molecule has 5 heteroatoms. The van der Waals surface area contributed by atoms with Crippen LogP contribution < -0.4 is 10.2 Å². The summed E-state index contributed by atoms with van der Waals surface area (Å²) < 4.78 is 13.0. The van der Waals surface area contributed by atoms with Gasteiger partial charge in [0.15, 0.2) is 0 Å². The van der Waals surface area contributed by atoms with Crippen molar-refractivity contribution in [2.45, 2.75) is 12.5 Å². The van der Waals surface area contributed by atoms with Gasteiger partial charge < -0.3 is 10.2 Å². The van der Waals surface area contributed by atoms with E-state index in [0.29, 0.717) is 18.8 Å². The quantitative estimate of drug-likeness (QED) is 0.872. The van der Waals surface area contributed by atoms with Crippen LogP contribution in [0.25, 0.3) is 0 Å². The highest BCUT2D eigenvalue weighted by atomic mass is 19.1. The van der Waals surface area contributed by atoms with Gasteiger partial charge in [-0.3, -0.25) is 4.79 Å². The second-order valence-corrected chi connectivity index (χ2v) is 4.66. The maximum absolute atomic E-state index is 13.0. The maximum atomic E-state index is 13.0. The molecule has 102 valence electrons. The number of benzene rings is 1. The lowest BCUT2D eigenvalue weighted by Crippen LogP contribution is -2.33. The van der Waals surface area contributed by atoms with Gasteiger partial charge in [-0.1, -0.05) is 24.3 Å². The molecule has 1 N–H and O–H groups in total. The van der Waals surface area contributed by atoms with E-state index in [0.717, 1.165) is 5.69 Å². The van der Waals surface area contributed by atoms with Gasteiger partial charge in [-0.15, -0.1) is 0 Å². The molecule has 0 bridgehead atoms. The Hall–Kier alpha value is -2.43. The second-order valence-electron chi connectivity index (χ2n) is 4.66. The van der Waals surface area contributed by atoms with E-state index in [1.807, 2.05) is 30.3 Å². The Kier molecular flexibility index (Phi) is 3.33. The molecule has 20 heavy (non-hydrogen) atoms. The number of anilines is 2. The normalized spacial score (nSPS) is 18.4. The van der Waals surface area contributed by atoms with Gasteiger partial charge in [-0.25, -0.2) is 4.98 Å². The summed E-state index contributed by atoms with van der Waals surface area (Å²) in [7, 11) is 0. The lowest BCUT2D eigenvalue weighted by atomic mass is 10.2. The summed E-state index contributed by atoms with van der Waals surface area (Å²) in [6, 6.07) is 13.7. The molecule has 1 aromatic heterocycles. The lowest BCUT2D eigenvalue weighted by molar-refractivity contribution is -0.117. The topological polar surface area (TPSA) is 45.2 Å². The number of carbonyl (C=O) groups is 1. The second kappa shape index (κ2) is 5.28. The summed E-state index contributed by atoms with van der Waals surface area (Å²) >= 11 is 0. The number of para-hydroxylation sites is 1. The molecule has 3 rings (SSSR count). The zero-order valence-electron chi connectivity index (χ0n) is 10.8. The summed E-state index contributed by atoms with van der Waals surface area (Å²) in [6.07, 6.45) is 0.673. The third-order valence-electron chi connectivity index (χ3n) is 3.31. The molecule has 1 aromatic carbocycles. The van der Waals surface area contributed by atoms with Gasteiger partial charge in [-0.2, -0.15) is 4.39 Å². The molecular formula is C15H14FN3O. The molecule has 1 unspecified atom stereocenters. The highest BCUT2D eigenvalue weighted by Gasteiger charge is 2.32. The third-order valence-corrected chi connectivity index (χ3v) is 3.31. The first-order valence-corrected chi connectivity index (χ1v) is 6.49. The van der Waals surface area contributed by atoms with E-state index in [4.69, 9.17) is 0 Å². The van der Waals surface area contributed by atoms with Crippen molar-refractivity contribution in [2.24, 2.45) is 0 Å². The number of rotatable bonds is 3. The van der Waals surface area contributed by atoms with Crippen molar-refractivity contribution in [3.8, 4) is 0 Å². The predicted molar refractivity (Wildman–Crippen MR) is 75.0 cm³/mol. The van der Waals surface area contributed by atoms with Gasteiger partial charge in [-0.05, 0) is 30.7 Å². The van der Waals surface area contributed by atoms with Crippen LogP contribution in [0.2, 0.25) is 0 Å². The molecule has 1 saturated heterocycles. The molecule has 1 aliphatic rings. The minimum Gasteiger partial charge on any atom is -0.358 e. The zero-order valence-corrected chi connectivity index (χ0v) is 10.8. The van der Waals surface area contributed by atoms with E-state index in [9.17, 15) is 9.18 Å². The van der Waals surface area contributed by atoms with Crippen LogP contribution in [0.15, 0.2) is 48.5 Å². The number of nitrogens with one attached hydrogen (secondary N) is 1. The minimum atomic E-state index is -0.555. The molecule has 2 aromatic rings. The molecule has 0 radical (unpaired) electrons. The average molecular weight is 271 g/mol. The third kappa shape index (κ3) is 2.47. The van der Waals surface area contributed by atoms with Gasteiger partial charge in [0.05, 0.1) is 0 Å². The molecule has 0 aliphatic carbocycles. The number of nitrogens with zero attached hydrogens (tertiary/aromatic N) is 2. The number of amides is 1. The number of hydrogen-bond donors (Lipinski definition) is 1. The van der Waals surface area contributed by atoms with Crippen LogP contribution in [0.4, 0.5) is 15.9 Å². The average Bonchev–Trinajstić information content (AvgIpc) is 2.81. The number of aromatic nitrogens is 1. The van der Waals surface area contributed by atoms with Crippen molar-refractivity contribution >= 4 is 17.4 Å². The minimum absolute atomic E-state index is 0.0118. The van der Waals surface area contributed by atoms with E-state index in [1.165, 1.54) is 6.07 Å². The Morgan fingerprint density at radius 2 is 1.95 bits per heavy atom. The van der Waals surface area contributed by atoms with Crippen LogP contribution in [-0.4, -0.2) is 23.5 Å². The van der Waals surface area contributed by atoms with Crippen molar-refractivity contribution in [3.05, 3.63) is 54.5 Å². The van der Waals surface area contributed by atoms with Crippen LogP contribution in [0.1, 0.15) is 6.42 Å². The summed E-state index contributed by atoms with van der Waals surface area (Å²) in [5, 5.41) is 2.99. The SMILES string of the molecule is O=C1C(Nc2cccc(F)n2)CCN1c1ccccc1. The van der Waals surface area contributed by atoms with Crippen LogP contribution in [0.5, 0.6) is 0 Å². The molecule has 0 spiro atoms. The summed E-state index contributed by atoms with van der Waals surface area (Å²) in [4.78, 5) is 17.8. The Balaban J connectivity index is 1.73. The predicted octanol–water partition coefficient (Wildman–Crippen LogP) is 2.44. The van der Waals surface area contributed by atoms with Crippen molar-refractivity contribution in [3.63, 3.8) is 0 Å². The van der Waals surface area contributed by atoms with Crippen LogP contribution in [0.3, 0.4) is 0 Å². The fraction of sp³-hybridized carbons (Fsp3) is 0.200. The molecular weight excluding hydrogens is 257 g/mol. The van der Waals surface area contributed by atoms with Crippen molar-refractivity contribution < 1.29 is 9.18 Å². The summed E-state index contributed by atoms with van der Waals surface area (Å²) in [6.45, 7) is 0.649. The van der Waals surface area contributed by atoms with Crippen molar-refractivity contribution in [1.82, 2.24) is 4.98 Å². The number of pyridine rings is 1. The summed E-state index contributed by atoms with van der Waals surface area (Å²) in [5.74, 6) is -0.180. The Labute approximate surface area is 116 Å². The van der Waals surface area contributed by atoms with E-state index in [2.05, 4.69) is 10.3 Å². The first-order chi connectivity index (χ1) is 9.74. The molecule has 1 atom stereocenters. The molecule has 1 amide bonds. The van der Waals surface area contributed by atoms with E-state index >= 15 is 0 Å². The highest BCUT2D eigenvalue weighted by Crippen LogP contribution is 2.22. The largest absolute Gasteiger partial charge is 0.358 e. The molecule has 1 aliphatic heterocycles. The Morgan fingerprint density at radius 3 is 2.70 bits per heavy atom. The number of hydrogen-bond acceptors (Lipinski definition) is 3. The first-order valence-electron chi connectivity index (χ1n) is 6.49.